The van der Waals surface area contributed by atoms with Gasteiger partial charge in [0.2, 0.25) is 11.9 Å². The molecule has 0 radical (unpaired) electrons. The van der Waals surface area contributed by atoms with Gasteiger partial charge < -0.3 is 11.1 Å². The largest absolute Gasteiger partial charge is 0.368 e. The summed E-state index contributed by atoms with van der Waals surface area (Å²) in [6, 6.07) is 8.98. The number of nitrogen functional groups attached to an aromatic ring is 1. The van der Waals surface area contributed by atoms with E-state index in [4.69, 9.17) is 11.0 Å². The molecule has 0 aliphatic carbocycles. The lowest BCUT2D eigenvalue weighted by atomic mass is 10.2. The first-order valence-electron chi connectivity index (χ1n) is 5.88. The van der Waals surface area contributed by atoms with Gasteiger partial charge in [-0.15, -0.1) is 0 Å². The molecular formula is C12H9N9. The molecule has 9 nitrogen and oxygen atoms in total. The number of nitrogens with two attached hydrogens (primary N) is 1. The lowest BCUT2D eigenvalue weighted by molar-refractivity contribution is 0.800. The second kappa shape index (κ2) is 5.22. The highest BCUT2D eigenvalue weighted by molar-refractivity contribution is 5.57. The van der Waals surface area contributed by atoms with E-state index in [9.17, 15) is 0 Å². The first kappa shape index (κ1) is 12.5. The van der Waals surface area contributed by atoms with Crippen LogP contribution in [0.2, 0.25) is 0 Å². The van der Waals surface area contributed by atoms with Crippen LogP contribution >= 0.6 is 0 Å². The molecule has 0 saturated carbocycles. The van der Waals surface area contributed by atoms with Gasteiger partial charge in [0.15, 0.2) is 0 Å². The Morgan fingerprint density at radius 2 is 2.14 bits per heavy atom. The van der Waals surface area contributed by atoms with Gasteiger partial charge in [-0.2, -0.15) is 30.0 Å². The SMILES string of the molecule is N#Cc1cccc(Nc2nc(N)nc(-n3cncn3)n2)c1. The molecule has 2 heterocycles. The summed E-state index contributed by atoms with van der Waals surface area (Å²) in [5, 5.41) is 15.8. The number of nitrogens with one attached hydrogen (secondary N) is 1. The van der Waals surface area contributed by atoms with Gasteiger partial charge >= 0.3 is 0 Å². The van der Waals surface area contributed by atoms with Crippen LogP contribution in [0.3, 0.4) is 0 Å². The van der Waals surface area contributed by atoms with E-state index >= 15 is 0 Å². The first-order valence-corrected chi connectivity index (χ1v) is 5.88. The van der Waals surface area contributed by atoms with Crippen molar-refractivity contribution in [3.8, 4) is 12.0 Å². The summed E-state index contributed by atoms with van der Waals surface area (Å²) in [4.78, 5) is 16.0. The molecule has 3 rings (SSSR count). The average Bonchev–Trinajstić information content (AvgIpc) is 3.01. The maximum absolute atomic E-state index is 8.88. The number of anilines is 3. The zero-order valence-electron chi connectivity index (χ0n) is 10.7. The maximum atomic E-state index is 8.88. The molecule has 0 fully saturated rings. The molecule has 102 valence electrons. The summed E-state index contributed by atoms with van der Waals surface area (Å²) in [6.45, 7) is 0. The highest BCUT2D eigenvalue weighted by Gasteiger charge is 2.07. The van der Waals surface area contributed by atoms with E-state index in [1.165, 1.54) is 17.3 Å². The zero-order chi connectivity index (χ0) is 14.7. The summed E-state index contributed by atoms with van der Waals surface area (Å²) in [7, 11) is 0. The fourth-order valence-electron chi connectivity index (χ4n) is 1.65. The van der Waals surface area contributed by atoms with Crippen LogP contribution in [0.15, 0.2) is 36.9 Å². The fraction of sp³-hybridized carbons (Fsp3) is 0. The minimum Gasteiger partial charge on any atom is -0.368 e. The van der Waals surface area contributed by atoms with Crippen molar-refractivity contribution in [3.63, 3.8) is 0 Å². The Kier molecular flexibility index (Phi) is 3.10. The van der Waals surface area contributed by atoms with E-state index in [1.807, 2.05) is 0 Å². The number of hydrogen-bond acceptors (Lipinski definition) is 8. The van der Waals surface area contributed by atoms with Crippen molar-refractivity contribution in [1.29, 1.82) is 5.26 Å². The molecule has 0 aliphatic rings. The summed E-state index contributed by atoms with van der Waals surface area (Å²) in [6.07, 6.45) is 2.82. The third-order valence-electron chi connectivity index (χ3n) is 2.51. The normalized spacial score (nSPS) is 10.0. The summed E-state index contributed by atoms with van der Waals surface area (Å²) in [5.74, 6) is 0.552. The molecule has 2 aromatic heterocycles. The molecule has 0 unspecified atom stereocenters. The van der Waals surface area contributed by atoms with Crippen LogP contribution in [0.4, 0.5) is 17.6 Å². The highest BCUT2D eigenvalue weighted by atomic mass is 15.4. The standard InChI is InChI=1S/C12H9N9/c13-5-8-2-1-3-9(4-8)17-11-18-10(14)19-12(20-11)21-7-15-6-16-21/h1-4,6-7H,(H3,14,17,18,19,20). The Balaban J connectivity index is 1.94. The number of hydrogen-bond donors (Lipinski definition) is 2. The van der Waals surface area contributed by atoms with Crippen LogP contribution in [0.5, 0.6) is 0 Å². The van der Waals surface area contributed by atoms with Gasteiger partial charge in [0.25, 0.3) is 5.95 Å². The predicted molar refractivity (Wildman–Crippen MR) is 73.6 cm³/mol. The van der Waals surface area contributed by atoms with E-state index in [-0.39, 0.29) is 17.8 Å². The second-order valence-corrected chi connectivity index (χ2v) is 3.97. The van der Waals surface area contributed by atoms with Crippen LogP contribution in [-0.2, 0) is 0 Å². The van der Waals surface area contributed by atoms with Crippen molar-refractivity contribution in [2.75, 3.05) is 11.1 Å². The molecule has 0 spiro atoms. The average molecular weight is 279 g/mol. The Labute approximate surface area is 119 Å². The van der Waals surface area contributed by atoms with Crippen LogP contribution in [-0.4, -0.2) is 29.7 Å². The topological polar surface area (TPSA) is 131 Å². The summed E-state index contributed by atoms with van der Waals surface area (Å²) < 4.78 is 1.37. The molecule has 0 bridgehead atoms. The van der Waals surface area contributed by atoms with E-state index in [2.05, 4.69) is 36.4 Å². The quantitative estimate of drug-likeness (QED) is 0.714. The molecule has 21 heavy (non-hydrogen) atoms. The van der Waals surface area contributed by atoms with Crippen LogP contribution in [0.1, 0.15) is 5.56 Å². The van der Waals surface area contributed by atoms with Crippen LogP contribution in [0, 0.1) is 11.3 Å². The van der Waals surface area contributed by atoms with Crippen molar-refractivity contribution in [3.05, 3.63) is 42.5 Å². The Morgan fingerprint density at radius 1 is 1.24 bits per heavy atom. The molecule has 1 aromatic carbocycles. The molecule has 0 aliphatic heterocycles. The summed E-state index contributed by atoms with van der Waals surface area (Å²) in [5.41, 5.74) is 6.86. The number of nitriles is 1. The van der Waals surface area contributed by atoms with Crippen LogP contribution in [0.25, 0.3) is 5.95 Å². The van der Waals surface area contributed by atoms with Gasteiger partial charge in [0, 0.05) is 5.69 Å². The molecule has 3 N–H and O–H groups in total. The molecular weight excluding hydrogens is 270 g/mol. The predicted octanol–water partition coefficient (Wildman–Crippen LogP) is 0.650. The van der Waals surface area contributed by atoms with Crippen LogP contribution < -0.4 is 11.1 Å². The number of benzene rings is 1. The van der Waals surface area contributed by atoms with Gasteiger partial charge in [-0.1, -0.05) is 6.07 Å². The fourth-order valence-corrected chi connectivity index (χ4v) is 1.65. The van der Waals surface area contributed by atoms with Gasteiger partial charge in [0.1, 0.15) is 12.7 Å². The molecule has 0 saturated heterocycles. The Bertz CT molecular complexity index is 804. The van der Waals surface area contributed by atoms with Gasteiger partial charge in [-0.3, -0.25) is 0 Å². The molecule has 9 heteroatoms. The second-order valence-electron chi connectivity index (χ2n) is 3.97. The highest BCUT2D eigenvalue weighted by Crippen LogP contribution is 2.15. The Morgan fingerprint density at radius 3 is 2.90 bits per heavy atom. The first-order chi connectivity index (χ1) is 10.2. The van der Waals surface area contributed by atoms with Crippen molar-refractivity contribution in [2.45, 2.75) is 0 Å². The maximum Gasteiger partial charge on any atom is 0.258 e. The van der Waals surface area contributed by atoms with Gasteiger partial charge in [0.05, 0.1) is 11.6 Å². The third kappa shape index (κ3) is 2.74. The molecule has 0 atom stereocenters. The zero-order valence-corrected chi connectivity index (χ0v) is 10.7. The minimum absolute atomic E-state index is 0.0504. The van der Waals surface area contributed by atoms with E-state index in [0.717, 1.165) is 0 Å². The van der Waals surface area contributed by atoms with Crippen molar-refractivity contribution < 1.29 is 0 Å². The molecule has 3 aromatic rings. The third-order valence-corrected chi connectivity index (χ3v) is 2.51. The monoisotopic (exact) mass is 279 g/mol. The van der Waals surface area contributed by atoms with Crippen molar-refractivity contribution >= 4 is 17.6 Å². The van der Waals surface area contributed by atoms with E-state index in [1.54, 1.807) is 24.3 Å². The van der Waals surface area contributed by atoms with Crippen molar-refractivity contribution in [2.24, 2.45) is 0 Å². The summed E-state index contributed by atoms with van der Waals surface area (Å²) >= 11 is 0. The lowest BCUT2D eigenvalue weighted by Gasteiger charge is -2.07. The Hall–Kier alpha value is -3.54. The minimum atomic E-state index is 0.0504. The number of nitrogens with zero attached hydrogens (tertiary/aromatic N) is 7. The van der Waals surface area contributed by atoms with Gasteiger partial charge in [-0.05, 0) is 18.2 Å². The number of aromatic nitrogens is 6. The van der Waals surface area contributed by atoms with Gasteiger partial charge in [-0.25, -0.2) is 4.98 Å². The molecule has 0 amide bonds. The number of rotatable bonds is 3. The van der Waals surface area contributed by atoms with E-state index in [0.29, 0.717) is 11.3 Å². The smallest absolute Gasteiger partial charge is 0.258 e. The lowest BCUT2D eigenvalue weighted by Crippen LogP contribution is -2.09. The van der Waals surface area contributed by atoms with E-state index < -0.39 is 0 Å². The van der Waals surface area contributed by atoms with Crippen molar-refractivity contribution in [1.82, 2.24) is 29.7 Å².